The molecular formula is C10H12ClNS. The van der Waals surface area contributed by atoms with Crippen molar-refractivity contribution < 1.29 is 0 Å². The highest BCUT2D eigenvalue weighted by Crippen LogP contribution is 2.28. The third-order valence-corrected chi connectivity index (χ3v) is 3.97. The Hall–Kier alpha value is -0.340. The number of hydrogen-bond donors (Lipinski definition) is 1. The van der Waals surface area contributed by atoms with Crippen LogP contribution in [0.2, 0.25) is 5.02 Å². The lowest BCUT2D eigenvalue weighted by atomic mass is 10.2. The van der Waals surface area contributed by atoms with Gasteiger partial charge in [-0.3, -0.25) is 0 Å². The summed E-state index contributed by atoms with van der Waals surface area (Å²) in [5.41, 5.74) is 2.21. The summed E-state index contributed by atoms with van der Waals surface area (Å²) in [6.07, 6.45) is 0. The van der Waals surface area contributed by atoms with E-state index in [1.54, 1.807) is 0 Å². The average Bonchev–Trinajstić information content (AvgIpc) is 2.04. The molecule has 0 unspecified atom stereocenters. The molecule has 0 aromatic heterocycles. The van der Waals surface area contributed by atoms with Gasteiger partial charge in [-0.2, -0.15) is 11.8 Å². The molecule has 0 saturated carbocycles. The largest absolute Gasteiger partial charge is 0.379 e. The van der Waals surface area contributed by atoms with Crippen LogP contribution < -0.4 is 5.32 Å². The molecule has 1 heterocycles. The second-order valence-corrected chi connectivity index (χ2v) is 4.77. The molecule has 0 atom stereocenters. The van der Waals surface area contributed by atoms with E-state index in [1.165, 1.54) is 11.5 Å². The molecule has 0 bridgehead atoms. The Morgan fingerprint density at radius 3 is 2.85 bits per heavy atom. The van der Waals surface area contributed by atoms with Crippen LogP contribution in [0.5, 0.6) is 0 Å². The molecule has 70 valence electrons. The van der Waals surface area contributed by atoms with Gasteiger partial charge in [-0.05, 0) is 18.6 Å². The zero-order valence-electron chi connectivity index (χ0n) is 7.51. The topological polar surface area (TPSA) is 12.0 Å². The van der Waals surface area contributed by atoms with Crippen LogP contribution in [0.25, 0.3) is 0 Å². The SMILES string of the molecule is Cc1cccc(NC2CSC2)c1Cl. The fraction of sp³-hybridized carbons (Fsp3) is 0.400. The van der Waals surface area contributed by atoms with E-state index in [2.05, 4.69) is 5.32 Å². The summed E-state index contributed by atoms with van der Waals surface area (Å²) in [5, 5.41) is 4.30. The maximum atomic E-state index is 6.15. The third kappa shape index (κ3) is 1.94. The van der Waals surface area contributed by atoms with Gasteiger partial charge >= 0.3 is 0 Å². The van der Waals surface area contributed by atoms with Gasteiger partial charge < -0.3 is 5.32 Å². The van der Waals surface area contributed by atoms with Crippen LogP contribution in [0.1, 0.15) is 5.56 Å². The Morgan fingerprint density at radius 1 is 1.46 bits per heavy atom. The van der Waals surface area contributed by atoms with Crippen LogP contribution in [0.4, 0.5) is 5.69 Å². The third-order valence-electron chi connectivity index (χ3n) is 2.19. The normalized spacial score (nSPS) is 16.8. The van der Waals surface area contributed by atoms with Gasteiger partial charge in [0, 0.05) is 17.5 Å². The molecule has 13 heavy (non-hydrogen) atoms. The lowest BCUT2D eigenvalue weighted by Gasteiger charge is -2.27. The predicted octanol–water partition coefficient (Wildman–Crippen LogP) is 3.18. The van der Waals surface area contributed by atoms with Gasteiger partial charge in [0.25, 0.3) is 0 Å². The minimum Gasteiger partial charge on any atom is -0.379 e. The molecule has 1 aromatic carbocycles. The Morgan fingerprint density at radius 2 is 2.23 bits per heavy atom. The number of aryl methyl sites for hydroxylation is 1. The quantitative estimate of drug-likeness (QED) is 0.810. The number of rotatable bonds is 2. The van der Waals surface area contributed by atoms with Crippen LogP contribution >= 0.6 is 23.4 Å². The maximum Gasteiger partial charge on any atom is 0.0666 e. The summed E-state index contributed by atoms with van der Waals surface area (Å²) >= 11 is 8.12. The monoisotopic (exact) mass is 213 g/mol. The first-order valence-electron chi connectivity index (χ1n) is 4.37. The first kappa shape index (κ1) is 9.22. The molecule has 0 amide bonds. The van der Waals surface area contributed by atoms with Crippen molar-refractivity contribution in [3.05, 3.63) is 28.8 Å². The molecular weight excluding hydrogens is 202 g/mol. The number of anilines is 1. The molecule has 0 aliphatic carbocycles. The van der Waals surface area contributed by atoms with Gasteiger partial charge in [-0.15, -0.1) is 0 Å². The van der Waals surface area contributed by atoms with Crippen LogP contribution in [0.3, 0.4) is 0 Å². The molecule has 1 aliphatic heterocycles. The molecule has 2 rings (SSSR count). The van der Waals surface area contributed by atoms with Crippen molar-refractivity contribution in [2.45, 2.75) is 13.0 Å². The van der Waals surface area contributed by atoms with Gasteiger partial charge in [0.15, 0.2) is 0 Å². The maximum absolute atomic E-state index is 6.15. The molecule has 3 heteroatoms. The molecule has 1 fully saturated rings. The Labute approximate surface area is 87.9 Å². The molecule has 1 nitrogen and oxygen atoms in total. The minimum atomic E-state index is 0.615. The smallest absolute Gasteiger partial charge is 0.0666 e. The molecule has 0 spiro atoms. The van der Waals surface area contributed by atoms with Crippen molar-refractivity contribution in [2.75, 3.05) is 16.8 Å². The molecule has 1 N–H and O–H groups in total. The number of thioether (sulfide) groups is 1. The lowest BCUT2D eigenvalue weighted by molar-refractivity contribution is 0.882. The molecule has 1 saturated heterocycles. The summed E-state index contributed by atoms with van der Waals surface area (Å²) in [4.78, 5) is 0. The van der Waals surface area contributed by atoms with E-state index in [0.717, 1.165) is 16.3 Å². The van der Waals surface area contributed by atoms with E-state index < -0.39 is 0 Å². The second-order valence-electron chi connectivity index (χ2n) is 3.32. The van der Waals surface area contributed by atoms with Gasteiger partial charge in [-0.25, -0.2) is 0 Å². The lowest BCUT2D eigenvalue weighted by Crippen LogP contribution is -2.33. The minimum absolute atomic E-state index is 0.615. The Bertz CT molecular complexity index is 310. The van der Waals surface area contributed by atoms with Crippen molar-refractivity contribution in [1.82, 2.24) is 0 Å². The van der Waals surface area contributed by atoms with Gasteiger partial charge in [0.2, 0.25) is 0 Å². The number of nitrogens with one attached hydrogen (secondary N) is 1. The second kappa shape index (κ2) is 3.81. The van der Waals surface area contributed by atoms with Crippen molar-refractivity contribution >= 4 is 29.1 Å². The molecule has 1 aliphatic rings. The highest BCUT2D eigenvalue weighted by molar-refractivity contribution is 8.00. The summed E-state index contributed by atoms with van der Waals surface area (Å²) in [6, 6.07) is 6.72. The number of benzene rings is 1. The summed E-state index contributed by atoms with van der Waals surface area (Å²) in [5.74, 6) is 2.40. The summed E-state index contributed by atoms with van der Waals surface area (Å²) in [7, 11) is 0. The Balaban J connectivity index is 2.14. The average molecular weight is 214 g/mol. The first-order valence-corrected chi connectivity index (χ1v) is 5.90. The summed E-state index contributed by atoms with van der Waals surface area (Å²) in [6.45, 7) is 2.03. The first-order chi connectivity index (χ1) is 6.27. The van der Waals surface area contributed by atoms with E-state index >= 15 is 0 Å². The van der Waals surface area contributed by atoms with Crippen molar-refractivity contribution in [3.8, 4) is 0 Å². The fourth-order valence-electron chi connectivity index (χ4n) is 1.30. The summed E-state index contributed by atoms with van der Waals surface area (Å²) < 4.78 is 0. The number of hydrogen-bond acceptors (Lipinski definition) is 2. The standard InChI is InChI=1S/C10H12ClNS/c1-7-3-2-4-9(10(7)11)12-8-5-13-6-8/h2-4,8,12H,5-6H2,1H3. The zero-order valence-corrected chi connectivity index (χ0v) is 9.08. The van der Waals surface area contributed by atoms with Crippen molar-refractivity contribution in [3.63, 3.8) is 0 Å². The van der Waals surface area contributed by atoms with Crippen molar-refractivity contribution in [1.29, 1.82) is 0 Å². The van der Waals surface area contributed by atoms with E-state index in [-0.39, 0.29) is 0 Å². The van der Waals surface area contributed by atoms with Crippen LogP contribution in [-0.2, 0) is 0 Å². The molecule has 1 aromatic rings. The van der Waals surface area contributed by atoms with E-state index in [0.29, 0.717) is 6.04 Å². The van der Waals surface area contributed by atoms with E-state index in [4.69, 9.17) is 11.6 Å². The van der Waals surface area contributed by atoms with Crippen LogP contribution in [0, 0.1) is 6.92 Å². The number of halogens is 1. The van der Waals surface area contributed by atoms with Gasteiger partial charge in [-0.1, -0.05) is 23.7 Å². The van der Waals surface area contributed by atoms with Gasteiger partial charge in [0.05, 0.1) is 10.7 Å². The van der Waals surface area contributed by atoms with E-state index in [9.17, 15) is 0 Å². The van der Waals surface area contributed by atoms with E-state index in [1.807, 2.05) is 36.9 Å². The zero-order chi connectivity index (χ0) is 9.26. The Kier molecular flexibility index (Phi) is 2.70. The predicted molar refractivity (Wildman–Crippen MR) is 60.9 cm³/mol. The van der Waals surface area contributed by atoms with Crippen LogP contribution in [-0.4, -0.2) is 17.5 Å². The highest BCUT2D eigenvalue weighted by atomic mass is 35.5. The molecule has 0 radical (unpaired) electrons. The van der Waals surface area contributed by atoms with Gasteiger partial charge in [0.1, 0.15) is 0 Å². The van der Waals surface area contributed by atoms with Crippen LogP contribution in [0.15, 0.2) is 18.2 Å². The fourth-order valence-corrected chi connectivity index (χ4v) is 2.12. The highest BCUT2D eigenvalue weighted by Gasteiger charge is 2.18. The van der Waals surface area contributed by atoms with Crippen molar-refractivity contribution in [2.24, 2.45) is 0 Å².